The highest BCUT2D eigenvalue weighted by Crippen LogP contribution is 2.46. The van der Waals surface area contributed by atoms with E-state index in [-0.39, 0.29) is 0 Å². The van der Waals surface area contributed by atoms with Gasteiger partial charge in [-0.25, -0.2) is 9.78 Å². The Morgan fingerprint density at radius 1 is 1.03 bits per heavy atom. The van der Waals surface area contributed by atoms with Crippen LogP contribution in [-0.4, -0.2) is 25.2 Å². The zero-order valence-electron chi connectivity index (χ0n) is 16.6. The number of pyridine rings is 1. The van der Waals surface area contributed by atoms with Crippen LogP contribution in [0.5, 0.6) is 11.5 Å². The standard InChI is InChI=1S/C23H20BrNO4/c1-23(2)18-12-17(22(26)28-4)20(13-5-7-14(24)8-6-13)25-21(18)16-10-9-15(27-3)11-19(16)29-23/h5-12H,1-4H3. The van der Waals surface area contributed by atoms with Crippen LogP contribution in [0.3, 0.4) is 0 Å². The summed E-state index contributed by atoms with van der Waals surface area (Å²) in [6.45, 7) is 3.91. The zero-order chi connectivity index (χ0) is 20.8. The molecule has 29 heavy (non-hydrogen) atoms. The number of hydrogen-bond donors (Lipinski definition) is 0. The number of aromatic nitrogens is 1. The van der Waals surface area contributed by atoms with E-state index < -0.39 is 11.6 Å². The Kier molecular flexibility index (Phi) is 4.82. The third-order valence-corrected chi connectivity index (χ3v) is 5.53. The summed E-state index contributed by atoms with van der Waals surface area (Å²) >= 11 is 3.45. The van der Waals surface area contributed by atoms with Crippen molar-refractivity contribution < 1.29 is 19.0 Å². The SMILES string of the molecule is COC(=O)c1cc2c(nc1-c1ccc(Br)cc1)-c1ccc(OC)cc1OC2(C)C. The lowest BCUT2D eigenvalue weighted by molar-refractivity contribution is 0.0600. The topological polar surface area (TPSA) is 57.7 Å². The van der Waals surface area contributed by atoms with Gasteiger partial charge in [0.2, 0.25) is 0 Å². The summed E-state index contributed by atoms with van der Waals surface area (Å²) in [6.07, 6.45) is 0. The van der Waals surface area contributed by atoms with Gasteiger partial charge in [0.1, 0.15) is 17.1 Å². The third kappa shape index (κ3) is 3.38. The Labute approximate surface area is 177 Å². The van der Waals surface area contributed by atoms with Gasteiger partial charge in [-0.2, -0.15) is 0 Å². The van der Waals surface area contributed by atoms with Gasteiger partial charge in [0.05, 0.1) is 31.2 Å². The predicted octanol–water partition coefficient (Wildman–Crippen LogP) is 5.60. The number of benzene rings is 2. The monoisotopic (exact) mass is 453 g/mol. The van der Waals surface area contributed by atoms with Crippen molar-refractivity contribution in [2.24, 2.45) is 0 Å². The average Bonchev–Trinajstić information content (AvgIpc) is 2.72. The molecule has 0 saturated heterocycles. The maximum atomic E-state index is 12.6. The van der Waals surface area contributed by atoms with Gasteiger partial charge < -0.3 is 14.2 Å². The molecule has 2 heterocycles. The number of nitrogens with zero attached hydrogens (tertiary/aromatic N) is 1. The highest BCUT2D eigenvalue weighted by Gasteiger charge is 2.36. The van der Waals surface area contributed by atoms with Crippen molar-refractivity contribution in [1.82, 2.24) is 4.98 Å². The number of rotatable bonds is 3. The minimum atomic E-state index is -0.678. The second-order valence-electron chi connectivity index (χ2n) is 7.25. The van der Waals surface area contributed by atoms with E-state index in [0.29, 0.717) is 22.8 Å². The van der Waals surface area contributed by atoms with E-state index in [1.54, 1.807) is 7.11 Å². The maximum absolute atomic E-state index is 12.6. The van der Waals surface area contributed by atoms with Crippen molar-refractivity contribution in [2.75, 3.05) is 14.2 Å². The lowest BCUT2D eigenvalue weighted by atomic mass is 9.87. The van der Waals surface area contributed by atoms with Crippen LogP contribution in [0.1, 0.15) is 29.8 Å². The van der Waals surface area contributed by atoms with Crippen LogP contribution < -0.4 is 9.47 Å². The Morgan fingerprint density at radius 2 is 1.76 bits per heavy atom. The molecule has 4 rings (SSSR count). The molecule has 0 N–H and O–H groups in total. The Balaban J connectivity index is 2.01. The molecule has 2 aromatic carbocycles. The predicted molar refractivity (Wildman–Crippen MR) is 114 cm³/mol. The van der Waals surface area contributed by atoms with Gasteiger partial charge in [-0.15, -0.1) is 0 Å². The van der Waals surface area contributed by atoms with E-state index >= 15 is 0 Å². The molecule has 1 aromatic heterocycles. The van der Waals surface area contributed by atoms with Gasteiger partial charge in [0.25, 0.3) is 0 Å². The molecule has 0 fully saturated rings. The van der Waals surface area contributed by atoms with E-state index in [4.69, 9.17) is 19.2 Å². The normalized spacial score (nSPS) is 13.7. The number of carbonyl (C=O) groups is 1. The van der Waals surface area contributed by atoms with Crippen molar-refractivity contribution >= 4 is 21.9 Å². The molecule has 0 spiro atoms. The lowest BCUT2D eigenvalue weighted by Gasteiger charge is -2.35. The summed E-state index contributed by atoms with van der Waals surface area (Å²) in [7, 11) is 2.99. The van der Waals surface area contributed by atoms with Crippen molar-refractivity contribution in [2.45, 2.75) is 19.4 Å². The number of methoxy groups -OCH3 is 2. The van der Waals surface area contributed by atoms with E-state index in [1.807, 2.05) is 62.4 Å². The van der Waals surface area contributed by atoms with Gasteiger partial charge >= 0.3 is 5.97 Å². The zero-order valence-corrected chi connectivity index (χ0v) is 18.2. The van der Waals surface area contributed by atoms with E-state index in [9.17, 15) is 4.79 Å². The maximum Gasteiger partial charge on any atom is 0.340 e. The summed E-state index contributed by atoms with van der Waals surface area (Å²) < 4.78 is 17.6. The smallest absolute Gasteiger partial charge is 0.340 e. The molecule has 3 aromatic rings. The van der Waals surface area contributed by atoms with Crippen molar-refractivity contribution in [3.05, 3.63) is 64.1 Å². The third-order valence-electron chi connectivity index (χ3n) is 5.00. The largest absolute Gasteiger partial charge is 0.497 e. The highest BCUT2D eigenvalue weighted by atomic mass is 79.9. The van der Waals surface area contributed by atoms with Gasteiger partial charge in [-0.3, -0.25) is 0 Å². The fourth-order valence-corrected chi connectivity index (χ4v) is 3.77. The summed E-state index contributed by atoms with van der Waals surface area (Å²) in [5, 5.41) is 0. The fourth-order valence-electron chi connectivity index (χ4n) is 3.51. The highest BCUT2D eigenvalue weighted by molar-refractivity contribution is 9.10. The number of fused-ring (bicyclic) bond motifs is 3. The molecule has 0 bridgehead atoms. The van der Waals surface area contributed by atoms with Crippen LogP contribution in [0.15, 0.2) is 53.0 Å². The summed E-state index contributed by atoms with van der Waals surface area (Å²) in [4.78, 5) is 17.5. The fraction of sp³-hybridized carbons (Fsp3) is 0.217. The summed E-state index contributed by atoms with van der Waals surface area (Å²) in [5.41, 5.74) is 3.60. The van der Waals surface area contributed by atoms with Gasteiger partial charge in [-0.1, -0.05) is 28.1 Å². The average molecular weight is 454 g/mol. The molecular formula is C23H20BrNO4. The van der Waals surface area contributed by atoms with Crippen molar-refractivity contribution in [3.63, 3.8) is 0 Å². The molecule has 0 saturated carbocycles. The van der Waals surface area contributed by atoms with Crippen LogP contribution in [0, 0.1) is 0 Å². The number of ether oxygens (including phenoxy) is 3. The Hall–Kier alpha value is -2.86. The van der Waals surface area contributed by atoms with Crippen LogP contribution in [0.2, 0.25) is 0 Å². The molecular weight excluding hydrogens is 434 g/mol. The quantitative estimate of drug-likeness (QED) is 0.483. The van der Waals surface area contributed by atoms with Gasteiger partial charge in [0, 0.05) is 27.2 Å². The van der Waals surface area contributed by atoms with Crippen molar-refractivity contribution in [3.8, 4) is 34.0 Å². The molecule has 0 radical (unpaired) electrons. The lowest BCUT2D eigenvalue weighted by Crippen LogP contribution is -2.30. The Bertz CT molecular complexity index is 1110. The minimum Gasteiger partial charge on any atom is -0.497 e. The van der Waals surface area contributed by atoms with Crippen molar-refractivity contribution in [1.29, 1.82) is 0 Å². The number of carbonyl (C=O) groups excluding carboxylic acids is 1. The summed E-state index contributed by atoms with van der Waals surface area (Å²) in [6, 6.07) is 15.2. The van der Waals surface area contributed by atoms with E-state index in [2.05, 4.69) is 15.9 Å². The first-order valence-electron chi connectivity index (χ1n) is 9.11. The first kappa shape index (κ1) is 19.5. The summed E-state index contributed by atoms with van der Waals surface area (Å²) in [5.74, 6) is 0.971. The van der Waals surface area contributed by atoms with Crippen LogP contribution in [0.4, 0.5) is 0 Å². The van der Waals surface area contributed by atoms with Gasteiger partial charge in [0.15, 0.2) is 0 Å². The van der Waals surface area contributed by atoms with Crippen LogP contribution in [0.25, 0.3) is 22.5 Å². The number of esters is 1. The number of halogens is 1. The van der Waals surface area contributed by atoms with E-state index in [1.165, 1.54) is 7.11 Å². The van der Waals surface area contributed by atoms with Gasteiger partial charge in [-0.05, 0) is 44.2 Å². The minimum absolute atomic E-state index is 0.405. The second-order valence-corrected chi connectivity index (χ2v) is 8.17. The van der Waals surface area contributed by atoms with Crippen LogP contribution in [-0.2, 0) is 10.3 Å². The Morgan fingerprint density at radius 3 is 2.41 bits per heavy atom. The first-order chi connectivity index (χ1) is 13.8. The molecule has 0 aliphatic carbocycles. The molecule has 6 heteroatoms. The molecule has 148 valence electrons. The molecule has 0 atom stereocenters. The molecule has 0 amide bonds. The molecule has 1 aliphatic rings. The molecule has 0 unspecified atom stereocenters. The van der Waals surface area contributed by atoms with Crippen LogP contribution >= 0.6 is 15.9 Å². The molecule has 5 nitrogen and oxygen atoms in total. The number of hydrogen-bond acceptors (Lipinski definition) is 5. The first-order valence-corrected chi connectivity index (χ1v) is 9.90. The molecule has 1 aliphatic heterocycles. The van der Waals surface area contributed by atoms with E-state index in [0.717, 1.165) is 26.9 Å². The second kappa shape index (κ2) is 7.19.